The van der Waals surface area contributed by atoms with Crippen molar-refractivity contribution >= 4 is 11.8 Å². The third-order valence-electron chi connectivity index (χ3n) is 4.53. The van der Waals surface area contributed by atoms with Crippen molar-refractivity contribution in [2.24, 2.45) is 11.7 Å². The van der Waals surface area contributed by atoms with Gasteiger partial charge in [0.15, 0.2) is 0 Å². The van der Waals surface area contributed by atoms with E-state index >= 15 is 0 Å². The molecule has 0 bridgehead atoms. The lowest BCUT2D eigenvalue weighted by molar-refractivity contribution is -0.145. The molecule has 5 nitrogen and oxygen atoms in total. The number of hydrogen-bond donors (Lipinski definition) is 2. The number of amides is 2. The Morgan fingerprint density at radius 3 is 2.82 bits per heavy atom. The van der Waals surface area contributed by atoms with Crippen LogP contribution in [0.25, 0.3) is 0 Å². The van der Waals surface area contributed by atoms with Crippen molar-refractivity contribution in [3.63, 3.8) is 0 Å². The second kappa shape index (κ2) is 3.70. The maximum atomic E-state index is 12.4. The summed E-state index contributed by atoms with van der Waals surface area (Å²) in [5, 5.41) is 2.86. The molecule has 3 fully saturated rings. The largest absolute Gasteiger partial charge is 0.354 e. The first-order valence-corrected chi connectivity index (χ1v) is 6.49. The van der Waals surface area contributed by atoms with Gasteiger partial charge in [-0.1, -0.05) is 0 Å². The van der Waals surface area contributed by atoms with Crippen molar-refractivity contribution < 1.29 is 9.59 Å². The Morgan fingerprint density at radius 2 is 2.18 bits per heavy atom. The minimum Gasteiger partial charge on any atom is -0.354 e. The van der Waals surface area contributed by atoms with E-state index in [9.17, 15) is 9.59 Å². The van der Waals surface area contributed by atoms with Gasteiger partial charge in [-0.25, -0.2) is 0 Å². The third kappa shape index (κ3) is 1.56. The Morgan fingerprint density at radius 1 is 1.41 bits per heavy atom. The monoisotopic (exact) mass is 237 g/mol. The Balaban J connectivity index is 1.78. The predicted octanol–water partition coefficient (Wildman–Crippen LogP) is -0.395. The van der Waals surface area contributed by atoms with E-state index in [0.29, 0.717) is 6.54 Å². The average molecular weight is 237 g/mol. The van der Waals surface area contributed by atoms with Gasteiger partial charge < -0.3 is 16.0 Å². The molecule has 0 spiro atoms. The first-order chi connectivity index (χ1) is 8.12. The van der Waals surface area contributed by atoms with Gasteiger partial charge in [0.25, 0.3) is 0 Å². The molecule has 94 valence electrons. The van der Waals surface area contributed by atoms with Crippen LogP contribution in [0.15, 0.2) is 0 Å². The van der Waals surface area contributed by atoms with Gasteiger partial charge in [-0.05, 0) is 32.1 Å². The highest BCUT2D eigenvalue weighted by molar-refractivity contribution is 5.89. The van der Waals surface area contributed by atoms with Gasteiger partial charge in [-0.2, -0.15) is 0 Å². The SMILES string of the molecule is NC1(C(=O)N2CCCC3C(=O)NCC32)CCC1. The number of hydrogen-bond acceptors (Lipinski definition) is 3. The molecule has 0 aromatic carbocycles. The number of fused-ring (bicyclic) bond motifs is 1. The zero-order valence-corrected chi connectivity index (χ0v) is 9.95. The molecule has 3 N–H and O–H groups in total. The second-order valence-electron chi connectivity index (χ2n) is 5.57. The molecule has 2 aliphatic heterocycles. The molecule has 2 atom stereocenters. The van der Waals surface area contributed by atoms with Crippen LogP contribution < -0.4 is 11.1 Å². The Kier molecular flexibility index (Phi) is 2.40. The topological polar surface area (TPSA) is 75.4 Å². The summed E-state index contributed by atoms with van der Waals surface area (Å²) in [5.74, 6) is 0.165. The molecule has 0 aromatic rings. The smallest absolute Gasteiger partial charge is 0.242 e. The van der Waals surface area contributed by atoms with Gasteiger partial charge in [0.05, 0.1) is 17.5 Å². The number of carbonyl (C=O) groups is 2. The normalized spacial score (nSPS) is 34.9. The van der Waals surface area contributed by atoms with Crippen molar-refractivity contribution in [1.82, 2.24) is 10.2 Å². The molecule has 2 saturated heterocycles. The fourth-order valence-corrected chi connectivity index (χ4v) is 3.26. The number of likely N-dealkylation sites (tertiary alicyclic amines) is 1. The van der Waals surface area contributed by atoms with Crippen LogP contribution in [0.1, 0.15) is 32.1 Å². The molecular weight excluding hydrogens is 218 g/mol. The molecule has 1 aliphatic carbocycles. The summed E-state index contributed by atoms with van der Waals surface area (Å²) in [7, 11) is 0. The lowest BCUT2D eigenvalue weighted by Crippen LogP contribution is -2.63. The van der Waals surface area contributed by atoms with Crippen LogP contribution in [0.5, 0.6) is 0 Å². The Labute approximate surface area is 101 Å². The highest BCUT2D eigenvalue weighted by atomic mass is 16.2. The van der Waals surface area contributed by atoms with E-state index in [-0.39, 0.29) is 23.8 Å². The number of nitrogens with zero attached hydrogens (tertiary/aromatic N) is 1. The van der Waals surface area contributed by atoms with Gasteiger partial charge in [0.2, 0.25) is 11.8 Å². The Bertz CT molecular complexity index is 365. The standard InChI is InChI=1S/C12H19N3O2/c13-12(4-2-5-12)11(17)15-6-1-3-8-9(15)7-14-10(8)16/h8-9H,1-7,13H2,(H,14,16). The molecule has 3 rings (SSSR count). The zero-order valence-electron chi connectivity index (χ0n) is 9.95. The minimum absolute atomic E-state index is 0.00336. The van der Waals surface area contributed by atoms with Crippen LogP contribution in [-0.2, 0) is 9.59 Å². The van der Waals surface area contributed by atoms with Gasteiger partial charge in [-0.3, -0.25) is 9.59 Å². The minimum atomic E-state index is -0.631. The van der Waals surface area contributed by atoms with E-state index in [4.69, 9.17) is 5.73 Å². The summed E-state index contributed by atoms with van der Waals surface area (Å²) < 4.78 is 0. The number of nitrogens with two attached hydrogens (primary N) is 1. The van der Waals surface area contributed by atoms with Gasteiger partial charge in [-0.15, -0.1) is 0 Å². The number of carbonyl (C=O) groups excluding carboxylic acids is 2. The van der Waals surface area contributed by atoms with Crippen LogP contribution >= 0.6 is 0 Å². The fraction of sp³-hybridized carbons (Fsp3) is 0.833. The molecular formula is C12H19N3O2. The maximum absolute atomic E-state index is 12.4. The van der Waals surface area contributed by atoms with Gasteiger partial charge >= 0.3 is 0 Å². The molecule has 2 heterocycles. The average Bonchev–Trinajstić information content (AvgIpc) is 2.67. The number of nitrogens with one attached hydrogen (secondary N) is 1. The molecule has 2 amide bonds. The van der Waals surface area contributed by atoms with Crippen LogP contribution in [0.4, 0.5) is 0 Å². The van der Waals surface area contributed by atoms with E-state index in [2.05, 4.69) is 5.32 Å². The van der Waals surface area contributed by atoms with Gasteiger partial charge in [0, 0.05) is 13.1 Å². The first-order valence-electron chi connectivity index (χ1n) is 6.49. The van der Waals surface area contributed by atoms with Crippen molar-refractivity contribution in [2.45, 2.75) is 43.7 Å². The highest BCUT2D eigenvalue weighted by Gasteiger charge is 2.49. The van der Waals surface area contributed by atoms with E-state index in [0.717, 1.165) is 38.6 Å². The zero-order chi connectivity index (χ0) is 12.0. The van der Waals surface area contributed by atoms with Crippen LogP contribution in [0, 0.1) is 5.92 Å². The van der Waals surface area contributed by atoms with Crippen LogP contribution in [0.3, 0.4) is 0 Å². The molecule has 0 aromatic heterocycles. The lowest BCUT2D eigenvalue weighted by atomic mass is 9.75. The van der Waals surface area contributed by atoms with E-state index in [1.54, 1.807) is 0 Å². The molecule has 0 radical (unpaired) electrons. The summed E-state index contributed by atoms with van der Waals surface area (Å²) in [4.78, 5) is 25.9. The molecule has 5 heteroatoms. The fourth-order valence-electron chi connectivity index (χ4n) is 3.26. The van der Waals surface area contributed by atoms with Crippen molar-refractivity contribution in [3.8, 4) is 0 Å². The lowest BCUT2D eigenvalue weighted by Gasteiger charge is -2.44. The third-order valence-corrected chi connectivity index (χ3v) is 4.53. The molecule has 17 heavy (non-hydrogen) atoms. The predicted molar refractivity (Wildman–Crippen MR) is 62.0 cm³/mol. The van der Waals surface area contributed by atoms with E-state index in [1.807, 2.05) is 4.90 Å². The number of piperidine rings is 1. The second-order valence-corrected chi connectivity index (χ2v) is 5.57. The summed E-state index contributed by atoms with van der Waals surface area (Å²) >= 11 is 0. The first kappa shape index (κ1) is 11.0. The quantitative estimate of drug-likeness (QED) is 0.652. The Hall–Kier alpha value is -1.10. The van der Waals surface area contributed by atoms with E-state index < -0.39 is 5.54 Å². The molecule has 3 aliphatic rings. The maximum Gasteiger partial charge on any atom is 0.242 e. The summed E-state index contributed by atoms with van der Waals surface area (Å²) in [6.07, 6.45) is 4.44. The van der Waals surface area contributed by atoms with Crippen LogP contribution in [-0.4, -0.2) is 41.4 Å². The molecule has 2 unspecified atom stereocenters. The molecule has 1 saturated carbocycles. The van der Waals surface area contributed by atoms with Crippen molar-refractivity contribution in [3.05, 3.63) is 0 Å². The summed E-state index contributed by atoms with van der Waals surface area (Å²) in [6, 6.07) is 0.0461. The summed E-state index contributed by atoms with van der Waals surface area (Å²) in [5.41, 5.74) is 5.47. The van der Waals surface area contributed by atoms with Gasteiger partial charge in [0.1, 0.15) is 0 Å². The summed E-state index contributed by atoms with van der Waals surface area (Å²) in [6.45, 7) is 1.36. The highest BCUT2D eigenvalue weighted by Crippen LogP contribution is 2.35. The van der Waals surface area contributed by atoms with Crippen LogP contribution in [0.2, 0.25) is 0 Å². The van der Waals surface area contributed by atoms with Crippen molar-refractivity contribution in [2.75, 3.05) is 13.1 Å². The number of rotatable bonds is 1. The van der Waals surface area contributed by atoms with Crippen molar-refractivity contribution in [1.29, 1.82) is 0 Å². The van der Waals surface area contributed by atoms with E-state index in [1.165, 1.54) is 0 Å².